The van der Waals surface area contributed by atoms with Crippen molar-refractivity contribution in [3.8, 4) is 5.75 Å². The molecule has 90 valence electrons. The second-order valence-electron chi connectivity index (χ2n) is 3.50. The first-order chi connectivity index (χ1) is 7.88. The number of carbonyl (C=O) groups is 1. The van der Waals surface area contributed by atoms with E-state index in [1.54, 1.807) is 0 Å². The van der Waals surface area contributed by atoms with Crippen molar-refractivity contribution in [1.29, 1.82) is 0 Å². The maximum absolute atomic E-state index is 12.4. The molecular weight excluding hydrogens is 237 g/mol. The third-order valence-electron chi connectivity index (χ3n) is 2.32. The average molecular weight is 243 g/mol. The standard InChI is InChI=1S/C11H7F3O3/c12-11(13,14)8-2-1-6-3-7(10(15)16)5-17-9(6)4-8/h1-4H,5H2,(H,15,16)/p-1. The van der Waals surface area contributed by atoms with Gasteiger partial charge in [0.25, 0.3) is 0 Å². The summed E-state index contributed by atoms with van der Waals surface area (Å²) in [5, 5.41) is 10.6. The first-order valence-corrected chi connectivity index (χ1v) is 4.64. The molecule has 1 heterocycles. The maximum atomic E-state index is 12.4. The average Bonchev–Trinajstić information content (AvgIpc) is 2.26. The monoisotopic (exact) mass is 243 g/mol. The minimum atomic E-state index is -4.45. The van der Waals surface area contributed by atoms with Crippen molar-refractivity contribution in [2.45, 2.75) is 6.18 Å². The van der Waals surface area contributed by atoms with Crippen LogP contribution >= 0.6 is 0 Å². The Kier molecular flexibility index (Phi) is 2.57. The smallest absolute Gasteiger partial charge is 0.416 e. The molecule has 1 aliphatic rings. The first kappa shape index (κ1) is 11.5. The summed E-state index contributed by atoms with van der Waals surface area (Å²) in [6.45, 7) is -0.295. The number of aliphatic carboxylic acids is 1. The lowest BCUT2D eigenvalue weighted by atomic mass is 10.0. The Morgan fingerprint density at radius 1 is 1.35 bits per heavy atom. The zero-order valence-electron chi connectivity index (χ0n) is 8.38. The number of alkyl halides is 3. The number of carboxylic acid groups (broad SMARTS) is 1. The lowest BCUT2D eigenvalue weighted by Crippen LogP contribution is -2.28. The summed E-state index contributed by atoms with van der Waals surface area (Å²) >= 11 is 0. The molecule has 17 heavy (non-hydrogen) atoms. The fourth-order valence-electron chi connectivity index (χ4n) is 1.46. The van der Waals surface area contributed by atoms with E-state index >= 15 is 0 Å². The molecule has 6 heteroatoms. The second-order valence-corrected chi connectivity index (χ2v) is 3.50. The lowest BCUT2D eigenvalue weighted by molar-refractivity contribution is -0.299. The Morgan fingerprint density at radius 3 is 2.65 bits per heavy atom. The van der Waals surface area contributed by atoms with E-state index in [2.05, 4.69) is 0 Å². The quantitative estimate of drug-likeness (QED) is 0.745. The third-order valence-corrected chi connectivity index (χ3v) is 2.32. The van der Waals surface area contributed by atoms with Gasteiger partial charge in [-0.25, -0.2) is 0 Å². The number of carboxylic acids is 1. The topological polar surface area (TPSA) is 49.4 Å². The van der Waals surface area contributed by atoms with Crippen molar-refractivity contribution in [3.05, 3.63) is 34.9 Å². The Balaban J connectivity index is 2.42. The predicted octanol–water partition coefficient (Wildman–Crippen LogP) is 1.23. The summed E-state index contributed by atoms with van der Waals surface area (Å²) in [4.78, 5) is 10.6. The first-order valence-electron chi connectivity index (χ1n) is 4.64. The zero-order valence-corrected chi connectivity index (χ0v) is 8.38. The highest BCUT2D eigenvalue weighted by Gasteiger charge is 2.31. The third kappa shape index (κ3) is 2.25. The van der Waals surface area contributed by atoms with Gasteiger partial charge in [0, 0.05) is 11.1 Å². The molecule has 0 aliphatic carbocycles. The van der Waals surface area contributed by atoms with Crippen molar-refractivity contribution in [2.75, 3.05) is 6.61 Å². The van der Waals surface area contributed by atoms with Crippen LogP contribution in [0.4, 0.5) is 13.2 Å². The van der Waals surface area contributed by atoms with Crippen LogP contribution in [-0.2, 0) is 11.0 Å². The predicted molar refractivity (Wildman–Crippen MR) is 49.9 cm³/mol. The molecule has 0 radical (unpaired) electrons. The molecule has 0 N–H and O–H groups in total. The number of fused-ring (bicyclic) bond motifs is 1. The fraction of sp³-hybridized carbons (Fsp3) is 0.182. The molecule has 0 aromatic heterocycles. The van der Waals surface area contributed by atoms with Crippen molar-refractivity contribution in [3.63, 3.8) is 0 Å². The van der Waals surface area contributed by atoms with E-state index in [4.69, 9.17) is 4.74 Å². The van der Waals surface area contributed by atoms with Gasteiger partial charge in [0.05, 0.1) is 11.5 Å². The van der Waals surface area contributed by atoms with Gasteiger partial charge >= 0.3 is 6.18 Å². The minimum Gasteiger partial charge on any atom is -0.545 e. The summed E-state index contributed by atoms with van der Waals surface area (Å²) in [5.74, 6) is -1.37. The SMILES string of the molecule is O=C([O-])C1=Cc2ccc(C(F)(F)F)cc2OC1. The molecule has 0 saturated carbocycles. The number of hydrogen-bond acceptors (Lipinski definition) is 3. The van der Waals surface area contributed by atoms with Gasteiger partial charge < -0.3 is 14.6 Å². The molecule has 0 amide bonds. The van der Waals surface area contributed by atoms with Gasteiger partial charge in [-0.15, -0.1) is 0 Å². The number of rotatable bonds is 1. The highest BCUT2D eigenvalue weighted by atomic mass is 19.4. The number of halogens is 3. The fourth-order valence-corrected chi connectivity index (χ4v) is 1.46. The van der Waals surface area contributed by atoms with Crippen molar-refractivity contribution < 1.29 is 27.8 Å². The van der Waals surface area contributed by atoms with Crippen LogP contribution in [0.25, 0.3) is 6.08 Å². The summed E-state index contributed by atoms with van der Waals surface area (Å²) in [6, 6.07) is 2.88. The molecule has 0 saturated heterocycles. The highest BCUT2D eigenvalue weighted by Crippen LogP contribution is 2.35. The Morgan fingerprint density at radius 2 is 2.06 bits per heavy atom. The summed E-state index contributed by atoms with van der Waals surface area (Å²) in [5.41, 5.74) is -0.637. The van der Waals surface area contributed by atoms with E-state index in [0.29, 0.717) is 5.56 Å². The van der Waals surface area contributed by atoms with Gasteiger partial charge in [-0.05, 0) is 18.2 Å². The normalized spacial score (nSPS) is 14.6. The summed E-state index contributed by atoms with van der Waals surface area (Å²) < 4.78 is 42.1. The molecular formula is C11H6F3O3-. The molecule has 0 bridgehead atoms. The number of carbonyl (C=O) groups excluding carboxylic acids is 1. The van der Waals surface area contributed by atoms with Gasteiger partial charge in [0.15, 0.2) is 0 Å². The molecule has 0 unspecified atom stereocenters. The minimum absolute atomic E-state index is 0.0184. The number of ether oxygens (including phenoxy) is 1. The molecule has 0 spiro atoms. The molecule has 3 nitrogen and oxygen atoms in total. The van der Waals surface area contributed by atoms with Crippen LogP contribution < -0.4 is 9.84 Å². The molecule has 1 aromatic rings. The van der Waals surface area contributed by atoms with Crippen LogP contribution in [0.15, 0.2) is 23.8 Å². The van der Waals surface area contributed by atoms with Crippen LogP contribution in [0.5, 0.6) is 5.75 Å². The van der Waals surface area contributed by atoms with Crippen LogP contribution in [-0.4, -0.2) is 12.6 Å². The van der Waals surface area contributed by atoms with E-state index in [1.807, 2.05) is 0 Å². The van der Waals surface area contributed by atoms with Crippen molar-refractivity contribution >= 4 is 12.0 Å². The Hall–Kier alpha value is -1.98. The van der Waals surface area contributed by atoms with E-state index in [1.165, 1.54) is 12.1 Å². The van der Waals surface area contributed by atoms with E-state index in [-0.39, 0.29) is 17.9 Å². The molecule has 0 fully saturated rings. The number of hydrogen-bond donors (Lipinski definition) is 0. The number of benzene rings is 1. The molecule has 0 atom stereocenters. The Bertz CT molecular complexity index is 503. The lowest BCUT2D eigenvalue weighted by Gasteiger charge is -2.19. The highest BCUT2D eigenvalue weighted by molar-refractivity contribution is 5.92. The van der Waals surface area contributed by atoms with Gasteiger partial charge in [0.1, 0.15) is 12.4 Å². The van der Waals surface area contributed by atoms with Crippen LogP contribution in [0.3, 0.4) is 0 Å². The zero-order chi connectivity index (χ0) is 12.6. The Labute approximate surface area is 94.1 Å². The molecule has 2 rings (SSSR count). The summed E-state index contributed by atoms with van der Waals surface area (Å²) in [6.07, 6.45) is -3.20. The van der Waals surface area contributed by atoms with Crippen LogP contribution in [0.2, 0.25) is 0 Å². The molecule has 1 aromatic carbocycles. The second kappa shape index (κ2) is 3.80. The van der Waals surface area contributed by atoms with Crippen molar-refractivity contribution in [1.82, 2.24) is 0 Å². The largest absolute Gasteiger partial charge is 0.545 e. The van der Waals surface area contributed by atoms with E-state index in [0.717, 1.165) is 12.1 Å². The van der Waals surface area contributed by atoms with E-state index in [9.17, 15) is 23.1 Å². The van der Waals surface area contributed by atoms with Crippen LogP contribution in [0, 0.1) is 0 Å². The summed E-state index contributed by atoms with van der Waals surface area (Å²) in [7, 11) is 0. The van der Waals surface area contributed by atoms with E-state index < -0.39 is 17.7 Å². The van der Waals surface area contributed by atoms with Crippen molar-refractivity contribution in [2.24, 2.45) is 0 Å². The van der Waals surface area contributed by atoms with Gasteiger partial charge in [-0.1, -0.05) is 6.07 Å². The maximum Gasteiger partial charge on any atom is 0.416 e. The van der Waals surface area contributed by atoms with Gasteiger partial charge in [-0.3, -0.25) is 0 Å². The van der Waals surface area contributed by atoms with Gasteiger partial charge in [-0.2, -0.15) is 13.2 Å². The van der Waals surface area contributed by atoms with Crippen LogP contribution in [0.1, 0.15) is 11.1 Å². The molecule has 1 aliphatic heterocycles. The van der Waals surface area contributed by atoms with Gasteiger partial charge in [0.2, 0.25) is 0 Å².